The predicted molar refractivity (Wildman–Crippen MR) is 94.7 cm³/mol. The van der Waals surface area contributed by atoms with Crippen molar-refractivity contribution in [2.45, 2.75) is 24.3 Å². The smallest absolute Gasteiger partial charge is 0.237 e. The molecular formula is C17H16FN5OS. The molecule has 0 bridgehead atoms. The highest BCUT2D eigenvalue weighted by molar-refractivity contribution is 8.00. The van der Waals surface area contributed by atoms with Gasteiger partial charge in [-0.1, -0.05) is 17.8 Å². The Hall–Kier alpha value is -2.74. The van der Waals surface area contributed by atoms with Gasteiger partial charge in [0.05, 0.1) is 5.25 Å². The SMILES string of the molecule is Cc1ccc(NC(=O)[C@H](C)Sc2n[nH]c(-c3ccncc3)n2)cc1F. The molecule has 2 heterocycles. The highest BCUT2D eigenvalue weighted by Gasteiger charge is 2.18. The molecular weight excluding hydrogens is 341 g/mol. The molecule has 0 aliphatic rings. The number of rotatable bonds is 5. The number of hydrogen-bond acceptors (Lipinski definition) is 5. The van der Waals surface area contributed by atoms with Crippen LogP contribution in [-0.4, -0.2) is 31.3 Å². The third-order valence-corrected chi connectivity index (χ3v) is 4.47. The van der Waals surface area contributed by atoms with E-state index in [-0.39, 0.29) is 11.7 Å². The first kappa shape index (κ1) is 17.1. The second-order valence-corrected chi connectivity index (χ2v) is 6.72. The number of H-pyrrole nitrogens is 1. The molecule has 0 unspecified atom stereocenters. The number of aromatic amines is 1. The number of carbonyl (C=O) groups is 1. The normalized spacial score (nSPS) is 12.0. The van der Waals surface area contributed by atoms with Crippen molar-refractivity contribution in [2.24, 2.45) is 0 Å². The summed E-state index contributed by atoms with van der Waals surface area (Å²) < 4.78 is 13.6. The molecule has 0 spiro atoms. The zero-order valence-electron chi connectivity index (χ0n) is 13.7. The van der Waals surface area contributed by atoms with Crippen LogP contribution < -0.4 is 5.32 Å². The second kappa shape index (κ2) is 7.43. The Balaban J connectivity index is 1.63. The summed E-state index contributed by atoms with van der Waals surface area (Å²) in [5.41, 5.74) is 1.82. The summed E-state index contributed by atoms with van der Waals surface area (Å²) in [5.74, 6) is 0.00990. The average molecular weight is 357 g/mol. The summed E-state index contributed by atoms with van der Waals surface area (Å²) >= 11 is 1.22. The second-order valence-electron chi connectivity index (χ2n) is 5.42. The Bertz CT molecular complexity index is 884. The van der Waals surface area contributed by atoms with Crippen LogP contribution in [0.5, 0.6) is 0 Å². The van der Waals surface area contributed by atoms with E-state index < -0.39 is 5.25 Å². The monoisotopic (exact) mass is 357 g/mol. The average Bonchev–Trinajstić information content (AvgIpc) is 3.07. The van der Waals surface area contributed by atoms with E-state index in [0.717, 1.165) is 5.56 Å². The van der Waals surface area contributed by atoms with Crippen LogP contribution in [-0.2, 0) is 4.79 Å². The van der Waals surface area contributed by atoms with Crippen LogP contribution in [0.25, 0.3) is 11.4 Å². The zero-order valence-corrected chi connectivity index (χ0v) is 14.5. The number of halogens is 1. The first-order valence-electron chi connectivity index (χ1n) is 7.59. The Labute approximate surface area is 148 Å². The molecule has 1 aromatic carbocycles. The van der Waals surface area contributed by atoms with Gasteiger partial charge in [-0.3, -0.25) is 14.9 Å². The molecule has 6 nitrogen and oxygen atoms in total. The predicted octanol–water partition coefficient (Wildman–Crippen LogP) is 3.43. The number of benzene rings is 1. The highest BCUT2D eigenvalue weighted by Crippen LogP contribution is 2.23. The van der Waals surface area contributed by atoms with Gasteiger partial charge in [0.1, 0.15) is 5.82 Å². The minimum absolute atomic E-state index is 0.247. The van der Waals surface area contributed by atoms with Gasteiger partial charge in [0.15, 0.2) is 5.82 Å². The minimum Gasteiger partial charge on any atom is -0.325 e. The van der Waals surface area contributed by atoms with E-state index in [0.29, 0.717) is 22.2 Å². The van der Waals surface area contributed by atoms with Crippen molar-refractivity contribution >= 4 is 23.4 Å². The number of hydrogen-bond donors (Lipinski definition) is 2. The fourth-order valence-electron chi connectivity index (χ4n) is 2.06. The minimum atomic E-state index is -0.439. The molecule has 0 saturated carbocycles. The van der Waals surface area contributed by atoms with Crippen molar-refractivity contribution in [3.05, 3.63) is 54.1 Å². The van der Waals surface area contributed by atoms with Crippen molar-refractivity contribution in [3.63, 3.8) is 0 Å². The van der Waals surface area contributed by atoms with E-state index in [2.05, 4.69) is 25.5 Å². The van der Waals surface area contributed by atoms with E-state index in [1.54, 1.807) is 38.4 Å². The summed E-state index contributed by atoms with van der Waals surface area (Å²) in [6, 6.07) is 8.23. The summed E-state index contributed by atoms with van der Waals surface area (Å²) in [5, 5.41) is 9.67. The van der Waals surface area contributed by atoms with Crippen molar-refractivity contribution < 1.29 is 9.18 Å². The van der Waals surface area contributed by atoms with E-state index in [1.165, 1.54) is 17.8 Å². The maximum Gasteiger partial charge on any atom is 0.237 e. The van der Waals surface area contributed by atoms with Crippen molar-refractivity contribution in [3.8, 4) is 11.4 Å². The Kier molecular flexibility index (Phi) is 5.08. The van der Waals surface area contributed by atoms with Crippen molar-refractivity contribution in [1.82, 2.24) is 20.2 Å². The largest absolute Gasteiger partial charge is 0.325 e. The van der Waals surface area contributed by atoms with Crippen LogP contribution >= 0.6 is 11.8 Å². The summed E-state index contributed by atoms with van der Waals surface area (Å²) in [4.78, 5) is 20.6. The number of anilines is 1. The third kappa shape index (κ3) is 4.21. The maximum atomic E-state index is 13.6. The van der Waals surface area contributed by atoms with Gasteiger partial charge in [0.2, 0.25) is 11.1 Å². The molecule has 2 aromatic heterocycles. The molecule has 25 heavy (non-hydrogen) atoms. The Morgan fingerprint density at radius 2 is 2.04 bits per heavy atom. The van der Waals surface area contributed by atoms with Gasteiger partial charge in [0.25, 0.3) is 0 Å². The molecule has 2 N–H and O–H groups in total. The number of aryl methyl sites for hydroxylation is 1. The van der Waals surface area contributed by atoms with Crippen LogP contribution in [0.4, 0.5) is 10.1 Å². The van der Waals surface area contributed by atoms with Gasteiger partial charge in [0, 0.05) is 23.6 Å². The summed E-state index contributed by atoms with van der Waals surface area (Å²) in [6.45, 7) is 3.41. The molecule has 0 saturated heterocycles. The highest BCUT2D eigenvalue weighted by atomic mass is 32.2. The molecule has 0 aliphatic carbocycles. The zero-order chi connectivity index (χ0) is 17.8. The molecule has 3 rings (SSSR count). The Morgan fingerprint density at radius 1 is 1.28 bits per heavy atom. The molecule has 0 fully saturated rings. The van der Waals surface area contributed by atoms with Gasteiger partial charge in [-0.05, 0) is 43.7 Å². The Morgan fingerprint density at radius 3 is 2.76 bits per heavy atom. The van der Waals surface area contributed by atoms with Gasteiger partial charge >= 0.3 is 0 Å². The van der Waals surface area contributed by atoms with Crippen LogP contribution in [0.3, 0.4) is 0 Å². The van der Waals surface area contributed by atoms with Crippen LogP contribution in [0.15, 0.2) is 47.9 Å². The fourth-order valence-corrected chi connectivity index (χ4v) is 2.79. The number of aromatic nitrogens is 4. The van der Waals surface area contributed by atoms with E-state index >= 15 is 0 Å². The van der Waals surface area contributed by atoms with E-state index in [4.69, 9.17) is 0 Å². The number of pyridine rings is 1. The molecule has 8 heteroatoms. The van der Waals surface area contributed by atoms with Gasteiger partial charge in [-0.2, -0.15) is 0 Å². The molecule has 128 valence electrons. The lowest BCUT2D eigenvalue weighted by Gasteiger charge is -2.10. The standard InChI is InChI=1S/C17H16FN5OS/c1-10-3-4-13(9-14(10)18)20-16(24)11(2)25-17-21-15(22-23-17)12-5-7-19-8-6-12/h3-9,11H,1-2H3,(H,20,24)(H,21,22,23)/t11-/m0/s1. The van der Waals surface area contributed by atoms with E-state index in [9.17, 15) is 9.18 Å². The maximum absolute atomic E-state index is 13.6. The number of carbonyl (C=O) groups excluding carboxylic acids is 1. The first-order chi connectivity index (χ1) is 12.0. The number of thioether (sulfide) groups is 1. The number of nitrogens with zero attached hydrogens (tertiary/aromatic N) is 3. The summed E-state index contributed by atoms with van der Waals surface area (Å²) in [7, 11) is 0. The van der Waals surface area contributed by atoms with Crippen molar-refractivity contribution in [2.75, 3.05) is 5.32 Å². The van der Waals surface area contributed by atoms with Crippen LogP contribution in [0.2, 0.25) is 0 Å². The molecule has 0 aliphatic heterocycles. The number of nitrogens with one attached hydrogen (secondary N) is 2. The topological polar surface area (TPSA) is 83.6 Å². The number of amides is 1. The van der Waals surface area contributed by atoms with Gasteiger partial charge in [-0.25, -0.2) is 9.37 Å². The third-order valence-electron chi connectivity index (χ3n) is 3.51. The van der Waals surface area contributed by atoms with Gasteiger partial charge in [-0.15, -0.1) is 5.10 Å². The lowest BCUT2D eigenvalue weighted by Crippen LogP contribution is -2.22. The van der Waals surface area contributed by atoms with Crippen LogP contribution in [0.1, 0.15) is 12.5 Å². The van der Waals surface area contributed by atoms with Crippen LogP contribution in [0, 0.1) is 12.7 Å². The quantitative estimate of drug-likeness (QED) is 0.684. The molecule has 1 amide bonds. The van der Waals surface area contributed by atoms with Gasteiger partial charge < -0.3 is 5.32 Å². The molecule has 0 radical (unpaired) electrons. The molecule has 1 atom stereocenters. The fraction of sp³-hybridized carbons (Fsp3) is 0.176. The first-order valence-corrected chi connectivity index (χ1v) is 8.47. The summed E-state index contributed by atoms with van der Waals surface area (Å²) in [6.07, 6.45) is 3.34. The van der Waals surface area contributed by atoms with Crippen molar-refractivity contribution in [1.29, 1.82) is 0 Å². The van der Waals surface area contributed by atoms with E-state index in [1.807, 2.05) is 12.1 Å². The lowest BCUT2D eigenvalue weighted by atomic mass is 10.2. The lowest BCUT2D eigenvalue weighted by molar-refractivity contribution is -0.115. The molecule has 3 aromatic rings.